The molecule has 1 amide bonds. The number of benzene rings is 2. The number of phenols is 1. The number of amides is 1. The van der Waals surface area contributed by atoms with E-state index >= 15 is 4.39 Å². The van der Waals surface area contributed by atoms with Crippen LogP contribution < -0.4 is 4.74 Å². The third-order valence-corrected chi connectivity index (χ3v) is 5.48. The number of nitrogens with zero attached hydrogens (tertiary/aromatic N) is 2. The number of piperazine rings is 1. The van der Waals surface area contributed by atoms with Gasteiger partial charge in [-0.2, -0.15) is 0 Å². The van der Waals surface area contributed by atoms with Crippen molar-refractivity contribution in [2.24, 2.45) is 0 Å². The molecule has 0 radical (unpaired) electrons. The lowest BCUT2D eigenvalue weighted by Gasteiger charge is -2.38. The Morgan fingerprint density at radius 3 is 2.75 bits per heavy atom. The summed E-state index contributed by atoms with van der Waals surface area (Å²) in [5, 5.41) is 19.3. The number of hydrogen-bond donors (Lipinski definition) is 2. The Hall–Kier alpha value is -2.58. The lowest BCUT2D eigenvalue weighted by Crippen LogP contribution is -2.55. The van der Waals surface area contributed by atoms with E-state index in [0.29, 0.717) is 18.7 Å². The first-order valence-electron chi connectivity index (χ1n) is 8.70. The van der Waals surface area contributed by atoms with E-state index in [1.807, 2.05) is 4.90 Å². The van der Waals surface area contributed by atoms with Crippen LogP contribution in [0.3, 0.4) is 0 Å². The van der Waals surface area contributed by atoms with Gasteiger partial charge in [-0.05, 0) is 18.2 Å². The predicted molar refractivity (Wildman–Crippen MR) is 97.8 cm³/mol. The molecule has 0 unspecified atom stereocenters. The summed E-state index contributed by atoms with van der Waals surface area (Å²) in [5.74, 6) is -2.24. The van der Waals surface area contributed by atoms with Crippen molar-refractivity contribution in [3.63, 3.8) is 0 Å². The van der Waals surface area contributed by atoms with Crippen LogP contribution in [0.4, 0.5) is 13.6 Å². The molecule has 0 aliphatic carbocycles. The smallest absolute Gasteiger partial charge is 0.407 e. The number of halogens is 3. The van der Waals surface area contributed by atoms with Crippen molar-refractivity contribution in [3.05, 3.63) is 46.5 Å². The van der Waals surface area contributed by atoms with Gasteiger partial charge in [-0.1, -0.05) is 17.7 Å². The molecule has 2 heterocycles. The molecule has 1 saturated heterocycles. The fraction of sp³-hybridized carbons (Fsp3) is 0.316. The van der Waals surface area contributed by atoms with Gasteiger partial charge in [0.2, 0.25) is 0 Å². The topological polar surface area (TPSA) is 73.2 Å². The summed E-state index contributed by atoms with van der Waals surface area (Å²) >= 11 is 6.07. The van der Waals surface area contributed by atoms with Gasteiger partial charge in [-0.15, -0.1) is 0 Å². The Bertz CT molecular complexity index is 936. The van der Waals surface area contributed by atoms with Gasteiger partial charge in [0.1, 0.15) is 18.2 Å². The second-order valence-corrected chi connectivity index (χ2v) is 7.24. The molecule has 28 heavy (non-hydrogen) atoms. The van der Waals surface area contributed by atoms with Crippen molar-refractivity contribution in [1.29, 1.82) is 0 Å². The zero-order chi connectivity index (χ0) is 20.0. The van der Waals surface area contributed by atoms with Gasteiger partial charge in [-0.25, -0.2) is 13.6 Å². The Morgan fingerprint density at radius 1 is 1.25 bits per heavy atom. The SMILES string of the molecule is O=C(O)N1CCN2Cc3cc(F)c(-c4c(O)cccc4Cl)c(F)c3OC[C@H]2C1. The minimum absolute atomic E-state index is 0.0147. The van der Waals surface area contributed by atoms with Crippen LogP contribution in [0.1, 0.15) is 5.56 Å². The molecule has 2 N–H and O–H groups in total. The third kappa shape index (κ3) is 3.12. The molecule has 4 rings (SSSR count). The lowest BCUT2D eigenvalue weighted by atomic mass is 10.00. The maximum atomic E-state index is 15.3. The van der Waals surface area contributed by atoms with Crippen LogP contribution in [0.25, 0.3) is 11.1 Å². The van der Waals surface area contributed by atoms with Gasteiger partial charge in [0.05, 0.1) is 16.6 Å². The molecule has 0 bridgehead atoms. The number of ether oxygens (including phenoxy) is 1. The highest BCUT2D eigenvalue weighted by Gasteiger charge is 2.35. The molecule has 0 aromatic heterocycles. The Kier molecular flexibility index (Phi) is 4.76. The molecule has 0 spiro atoms. The molecule has 148 valence electrons. The predicted octanol–water partition coefficient (Wildman–Crippen LogP) is 3.55. The van der Waals surface area contributed by atoms with Gasteiger partial charge >= 0.3 is 6.09 Å². The number of hydrogen-bond acceptors (Lipinski definition) is 4. The van der Waals surface area contributed by atoms with Crippen LogP contribution in [0.15, 0.2) is 24.3 Å². The molecule has 2 aliphatic rings. The Labute approximate surface area is 164 Å². The first-order valence-corrected chi connectivity index (χ1v) is 9.08. The highest BCUT2D eigenvalue weighted by molar-refractivity contribution is 6.33. The van der Waals surface area contributed by atoms with Gasteiger partial charge in [-0.3, -0.25) is 4.90 Å². The van der Waals surface area contributed by atoms with Crippen LogP contribution in [0, 0.1) is 11.6 Å². The summed E-state index contributed by atoms with van der Waals surface area (Å²) in [7, 11) is 0. The molecular weight excluding hydrogens is 394 g/mol. The summed E-state index contributed by atoms with van der Waals surface area (Å²) in [4.78, 5) is 14.5. The largest absolute Gasteiger partial charge is 0.507 e. The van der Waals surface area contributed by atoms with E-state index in [2.05, 4.69) is 0 Å². The second kappa shape index (κ2) is 7.10. The van der Waals surface area contributed by atoms with E-state index in [1.54, 1.807) is 0 Å². The first-order chi connectivity index (χ1) is 13.4. The molecule has 2 aromatic rings. The number of phenolic OH excluding ortho intramolecular Hbond substituents is 1. The third-order valence-electron chi connectivity index (χ3n) is 5.16. The number of carboxylic acid groups (broad SMARTS) is 1. The molecule has 2 aromatic carbocycles. The van der Waals surface area contributed by atoms with Crippen LogP contribution in [0.2, 0.25) is 5.02 Å². The summed E-state index contributed by atoms with van der Waals surface area (Å²) in [6, 6.07) is 5.12. The van der Waals surface area contributed by atoms with E-state index in [4.69, 9.17) is 16.3 Å². The molecule has 9 heteroatoms. The minimum Gasteiger partial charge on any atom is -0.507 e. The molecule has 2 aliphatic heterocycles. The van der Waals surface area contributed by atoms with E-state index in [-0.39, 0.29) is 47.8 Å². The van der Waals surface area contributed by atoms with Crippen molar-refractivity contribution >= 4 is 17.7 Å². The van der Waals surface area contributed by atoms with Crippen molar-refractivity contribution < 1.29 is 28.5 Å². The maximum Gasteiger partial charge on any atom is 0.407 e. The fourth-order valence-electron chi connectivity index (χ4n) is 3.74. The zero-order valence-corrected chi connectivity index (χ0v) is 15.4. The molecule has 6 nitrogen and oxygen atoms in total. The molecule has 0 saturated carbocycles. The van der Waals surface area contributed by atoms with Crippen LogP contribution in [-0.4, -0.2) is 58.4 Å². The number of fused-ring (bicyclic) bond motifs is 2. The monoisotopic (exact) mass is 410 g/mol. The van der Waals surface area contributed by atoms with Gasteiger partial charge in [0.25, 0.3) is 0 Å². The summed E-state index contributed by atoms with van der Waals surface area (Å²) in [5.41, 5.74) is -0.255. The van der Waals surface area contributed by atoms with E-state index in [0.717, 1.165) is 0 Å². The summed E-state index contributed by atoms with van der Waals surface area (Å²) in [6.07, 6.45) is -1.02. The normalized spacial score (nSPS) is 19.4. The van der Waals surface area contributed by atoms with E-state index < -0.39 is 23.3 Å². The fourth-order valence-corrected chi connectivity index (χ4v) is 4.01. The lowest BCUT2D eigenvalue weighted by molar-refractivity contribution is 0.0499. The second-order valence-electron chi connectivity index (χ2n) is 6.83. The van der Waals surface area contributed by atoms with Crippen LogP contribution in [-0.2, 0) is 6.54 Å². The number of rotatable bonds is 1. The average molecular weight is 411 g/mol. The quantitative estimate of drug-likeness (QED) is 0.752. The van der Waals surface area contributed by atoms with E-state index in [9.17, 15) is 19.4 Å². The maximum absolute atomic E-state index is 15.3. The van der Waals surface area contributed by atoms with Crippen LogP contribution in [0.5, 0.6) is 11.5 Å². The van der Waals surface area contributed by atoms with Crippen molar-refractivity contribution in [2.45, 2.75) is 12.6 Å². The van der Waals surface area contributed by atoms with Crippen molar-refractivity contribution in [3.8, 4) is 22.6 Å². The number of aromatic hydroxyl groups is 1. The molecule has 1 fully saturated rings. The molecule has 1 atom stereocenters. The molecular formula is C19H17ClF2N2O4. The van der Waals surface area contributed by atoms with Crippen LogP contribution >= 0.6 is 11.6 Å². The van der Waals surface area contributed by atoms with Crippen molar-refractivity contribution in [2.75, 3.05) is 26.2 Å². The van der Waals surface area contributed by atoms with Crippen molar-refractivity contribution in [1.82, 2.24) is 9.80 Å². The Balaban J connectivity index is 1.74. The number of carbonyl (C=O) groups is 1. The first kappa shape index (κ1) is 18.8. The standard InChI is InChI=1S/C19H17ClF2N2O4/c20-12-2-1-3-14(25)15(12)16-13(21)6-10-7-23-4-5-24(19(26)27)8-11(23)9-28-18(10)17(16)22/h1-3,6,11,25H,4-5,7-9H2,(H,26,27)/t11-/m1/s1. The minimum atomic E-state index is -1.02. The summed E-state index contributed by atoms with van der Waals surface area (Å²) in [6.45, 7) is 1.28. The summed E-state index contributed by atoms with van der Waals surface area (Å²) < 4.78 is 35.8. The van der Waals surface area contributed by atoms with Gasteiger partial charge < -0.3 is 19.8 Å². The van der Waals surface area contributed by atoms with Gasteiger partial charge in [0, 0.05) is 37.3 Å². The Morgan fingerprint density at radius 2 is 2.04 bits per heavy atom. The highest BCUT2D eigenvalue weighted by Crippen LogP contribution is 2.43. The average Bonchev–Trinajstić information content (AvgIpc) is 2.82. The highest BCUT2D eigenvalue weighted by atomic mass is 35.5. The van der Waals surface area contributed by atoms with Gasteiger partial charge in [0.15, 0.2) is 11.6 Å². The van der Waals surface area contributed by atoms with E-state index in [1.165, 1.54) is 29.2 Å². The zero-order valence-electron chi connectivity index (χ0n) is 14.7.